The van der Waals surface area contributed by atoms with Crippen LogP contribution in [0.1, 0.15) is 26.4 Å². The predicted molar refractivity (Wildman–Crippen MR) is 94.4 cm³/mol. The standard InChI is InChI=1S/C19H17N3O3/c1-12-11-16(15-5-3-4-6-17(15)20-12)19(24)22-21-18(23)13-7-9-14(25-2)10-8-13/h3-11H,1-2H3,(H,21,23)(H,22,24). The molecule has 0 unspecified atom stereocenters. The molecule has 0 saturated heterocycles. The van der Waals surface area contributed by atoms with Gasteiger partial charge in [-0.15, -0.1) is 0 Å². The number of aryl methyl sites for hydroxylation is 1. The molecule has 1 heterocycles. The van der Waals surface area contributed by atoms with Crippen molar-refractivity contribution in [3.8, 4) is 5.75 Å². The van der Waals surface area contributed by atoms with Gasteiger partial charge in [0, 0.05) is 16.6 Å². The largest absolute Gasteiger partial charge is 0.497 e. The van der Waals surface area contributed by atoms with Gasteiger partial charge >= 0.3 is 0 Å². The van der Waals surface area contributed by atoms with Gasteiger partial charge in [0.2, 0.25) is 0 Å². The lowest BCUT2D eigenvalue weighted by molar-refractivity contribution is 0.0847. The third kappa shape index (κ3) is 3.58. The Balaban J connectivity index is 1.75. The van der Waals surface area contributed by atoms with Gasteiger partial charge in [0.05, 0.1) is 18.2 Å². The number of carbonyl (C=O) groups excluding carboxylic acids is 2. The van der Waals surface area contributed by atoms with Crippen LogP contribution in [0.25, 0.3) is 10.9 Å². The van der Waals surface area contributed by atoms with Gasteiger partial charge in [-0.25, -0.2) is 0 Å². The van der Waals surface area contributed by atoms with E-state index in [2.05, 4.69) is 15.8 Å². The van der Waals surface area contributed by atoms with Crippen molar-refractivity contribution in [3.63, 3.8) is 0 Å². The molecule has 0 atom stereocenters. The lowest BCUT2D eigenvalue weighted by Crippen LogP contribution is -2.41. The molecule has 2 amide bonds. The van der Waals surface area contributed by atoms with Gasteiger partial charge in [-0.3, -0.25) is 25.4 Å². The Bertz CT molecular complexity index is 936. The molecule has 126 valence electrons. The summed E-state index contributed by atoms with van der Waals surface area (Å²) < 4.78 is 5.05. The molecular weight excluding hydrogens is 318 g/mol. The zero-order valence-electron chi connectivity index (χ0n) is 13.9. The lowest BCUT2D eigenvalue weighted by atomic mass is 10.1. The van der Waals surface area contributed by atoms with Crippen molar-refractivity contribution in [1.82, 2.24) is 15.8 Å². The number of hydrogen-bond acceptors (Lipinski definition) is 4. The molecule has 6 heteroatoms. The number of benzene rings is 2. The number of nitrogens with zero attached hydrogens (tertiary/aromatic N) is 1. The second-order valence-electron chi connectivity index (χ2n) is 5.47. The van der Waals surface area contributed by atoms with Crippen molar-refractivity contribution in [2.45, 2.75) is 6.92 Å². The number of hydrazine groups is 1. The van der Waals surface area contributed by atoms with E-state index in [0.717, 1.165) is 16.6 Å². The molecule has 0 spiro atoms. The monoisotopic (exact) mass is 335 g/mol. The number of para-hydroxylation sites is 1. The van der Waals surface area contributed by atoms with Gasteiger partial charge in [-0.05, 0) is 43.3 Å². The molecule has 3 rings (SSSR count). The van der Waals surface area contributed by atoms with Gasteiger partial charge in [0.1, 0.15) is 5.75 Å². The third-order valence-electron chi connectivity index (χ3n) is 3.73. The maximum absolute atomic E-state index is 12.5. The number of carbonyl (C=O) groups is 2. The number of aromatic nitrogens is 1. The SMILES string of the molecule is COc1ccc(C(=O)NNC(=O)c2cc(C)nc3ccccc23)cc1. The molecule has 2 aromatic carbocycles. The van der Waals surface area contributed by atoms with Crippen LogP contribution in [0.3, 0.4) is 0 Å². The highest BCUT2D eigenvalue weighted by Crippen LogP contribution is 2.18. The third-order valence-corrected chi connectivity index (χ3v) is 3.73. The van der Waals surface area contributed by atoms with E-state index in [1.165, 1.54) is 0 Å². The molecule has 0 radical (unpaired) electrons. The Kier molecular flexibility index (Phi) is 4.61. The first kappa shape index (κ1) is 16.4. The Morgan fingerprint density at radius 1 is 0.960 bits per heavy atom. The number of amides is 2. The molecule has 2 N–H and O–H groups in total. The van der Waals surface area contributed by atoms with E-state index in [0.29, 0.717) is 16.9 Å². The predicted octanol–water partition coefficient (Wildman–Crippen LogP) is 2.63. The summed E-state index contributed by atoms with van der Waals surface area (Å²) in [5, 5.41) is 0.726. The van der Waals surface area contributed by atoms with E-state index >= 15 is 0 Å². The molecule has 0 fully saturated rings. The first-order valence-corrected chi connectivity index (χ1v) is 7.69. The average Bonchev–Trinajstić information content (AvgIpc) is 2.65. The van der Waals surface area contributed by atoms with Crippen LogP contribution in [0.2, 0.25) is 0 Å². The molecule has 3 aromatic rings. The van der Waals surface area contributed by atoms with Crippen molar-refractivity contribution in [2.24, 2.45) is 0 Å². The smallest absolute Gasteiger partial charge is 0.270 e. The normalized spacial score (nSPS) is 10.3. The molecule has 0 aliphatic heterocycles. The summed E-state index contributed by atoms with van der Waals surface area (Å²) in [5.74, 6) is -0.158. The molecule has 6 nitrogen and oxygen atoms in total. The molecule has 0 aliphatic rings. The first-order valence-electron chi connectivity index (χ1n) is 7.69. The van der Waals surface area contributed by atoms with Gasteiger partial charge in [0.15, 0.2) is 0 Å². The summed E-state index contributed by atoms with van der Waals surface area (Å²) in [6.07, 6.45) is 0. The fourth-order valence-electron chi connectivity index (χ4n) is 2.49. The van der Waals surface area contributed by atoms with Crippen molar-refractivity contribution >= 4 is 22.7 Å². The molecule has 25 heavy (non-hydrogen) atoms. The number of ether oxygens (including phenoxy) is 1. The second-order valence-corrected chi connectivity index (χ2v) is 5.47. The van der Waals surface area contributed by atoms with Crippen molar-refractivity contribution < 1.29 is 14.3 Å². The number of pyridine rings is 1. The highest BCUT2D eigenvalue weighted by molar-refractivity contribution is 6.07. The summed E-state index contributed by atoms with van der Waals surface area (Å²) >= 11 is 0. The highest BCUT2D eigenvalue weighted by atomic mass is 16.5. The van der Waals surface area contributed by atoms with E-state index in [1.54, 1.807) is 37.4 Å². The Morgan fingerprint density at radius 3 is 2.36 bits per heavy atom. The van der Waals surface area contributed by atoms with E-state index in [4.69, 9.17) is 4.74 Å². The van der Waals surface area contributed by atoms with Crippen molar-refractivity contribution in [1.29, 1.82) is 0 Å². The molecule has 0 saturated carbocycles. The highest BCUT2D eigenvalue weighted by Gasteiger charge is 2.13. The quantitative estimate of drug-likeness (QED) is 0.721. The molecule has 0 aliphatic carbocycles. The topological polar surface area (TPSA) is 80.3 Å². The molecule has 0 bridgehead atoms. The van der Waals surface area contributed by atoms with E-state index in [9.17, 15) is 9.59 Å². The zero-order chi connectivity index (χ0) is 17.8. The van der Waals surface area contributed by atoms with Crippen LogP contribution in [0.5, 0.6) is 5.75 Å². The van der Waals surface area contributed by atoms with E-state index < -0.39 is 11.8 Å². The fraction of sp³-hybridized carbons (Fsp3) is 0.105. The Morgan fingerprint density at radius 2 is 1.64 bits per heavy atom. The minimum atomic E-state index is -0.411. The fourth-order valence-corrected chi connectivity index (χ4v) is 2.49. The summed E-state index contributed by atoms with van der Waals surface area (Å²) in [5.41, 5.74) is 7.20. The number of rotatable bonds is 3. The van der Waals surface area contributed by atoms with Crippen LogP contribution in [0, 0.1) is 6.92 Å². The van der Waals surface area contributed by atoms with Gasteiger partial charge in [-0.2, -0.15) is 0 Å². The van der Waals surface area contributed by atoms with Crippen LogP contribution in [0.4, 0.5) is 0 Å². The van der Waals surface area contributed by atoms with Crippen LogP contribution >= 0.6 is 0 Å². The number of methoxy groups -OCH3 is 1. The van der Waals surface area contributed by atoms with Gasteiger partial charge in [-0.1, -0.05) is 18.2 Å². The molecular formula is C19H17N3O3. The summed E-state index contributed by atoms with van der Waals surface area (Å²) in [4.78, 5) is 29.0. The summed E-state index contributed by atoms with van der Waals surface area (Å²) in [7, 11) is 1.55. The van der Waals surface area contributed by atoms with Crippen LogP contribution in [-0.2, 0) is 0 Å². The Hall–Kier alpha value is -3.41. The van der Waals surface area contributed by atoms with Gasteiger partial charge in [0.25, 0.3) is 11.8 Å². The minimum Gasteiger partial charge on any atom is -0.497 e. The van der Waals surface area contributed by atoms with Crippen LogP contribution in [-0.4, -0.2) is 23.9 Å². The van der Waals surface area contributed by atoms with E-state index in [1.807, 2.05) is 31.2 Å². The van der Waals surface area contributed by atoms with Gasteiger partial charge < -0.3 is 4.74 Å². The average molecular weight is 335 g/mol. The Labute approximate surface area is 144 Å². The number of hydrogen-bond donors (Lipinski definition) is 2. The first-order chi connectivity index (χ1) is 12.1. The van der Waals surface area contributed by atoms with Crippen molar-refractivity contribution in [2.75, 3.05) is 7.11 Å². The van der Waals surface area contributed by atoms with E-state index in [-0.39, 0.29) is 0 Å². The molecule has 1 aromatic heterocycles. The second kappa shape index (κ2) is 7.00. The van der Waals surface area contributed by atoms with Crippen LogP contribution in [0.15, 0.2) is 54.6 Å². The maximum atomic E-state index is 12.5. The number of fused-ring (bicyclic) bond motifs is 1. The maximum Gasteiger partial charge on any atom is 0.270 e. The minimum absolute atomic E-state index is 0.399. The van der Waals surface area contributed by atoms with Crippen molar-refractivity contribution in [3.05, 3.63) is 71.4 Å². The zero-order valence-corrected chi connectivity index (χ0v) is 13.9. The summed E-state index contributed by atoms with van der Waals surface area (Å²) in [6, 6.07) is 15.6. The number of nitrogens with one attached hydrogen (secondary N) is 2. The summed E-state index contributed by atoms with van der Waals surface area (Å²) in [6.45, 7) is 1.82. The van der Waals surface area contributed by atoms with Crippen LogP contribution < -0.4 is 15.6 Å². The lowest BCUT2D eigenvalue weighted by Gasteiger charge is -2.10.